The van der Waals surface area contributed by atoms with Crippen LogP contribution in [0.15, 0.2) is 18.3 Å². The SMILES string of the molecule is CN1CCC(NC(=O)c2ccnc(C(=O)O)c2)C1=O. The number of likely N-dealkylation sites (tertiary alicyclic amines) is 1. The molecule has 0 spiro atoms. The van der Waals surface area contributed by atoms with Gasteiger partial charge in [-0.05, 0) is 18.6 Å². The number of aromatic carboxylic acids is 1. The molecule has 0 aromatic carbocycles. The summed E-state index contributed by atoms with van der Waals surface area (Å²) >= 11 is 0. The van der Waals surface area contributed by atoms with Crippen LogP contribution in [0.1, 0.15) is 27.3 Å². The Bertz CT molecular complexity index is 544. The van der Waals surface area contributed by atoms with Crippen LogP contribution < -0.4 is 5.32 Å². The lowest BCUT2D eigenvalue weighted by molar-refractivity contribution is -0.128. The van der Waals surface area contributed by atoms with E-state index in [4.69, 9.17) is 5.11 Å². The van der Waals surface area contributed by atoms with Crippen molar-refractivity contribution in [1.29, 1.82) is 0 Å². The normalized spacial score (nSPS) is 18.5. The van der Waals surface area contributed by atoms with E-state index in [2.05, 4.69) is 10.3 Å². The first-order chi connectivity index (χ1) is 8.99. The highest BCUT2D eigenvalue weighted by molar-refractivity contribution is 5.99. The number of hydrogen-bond acceptors (Lipinski definition) is 4. The summed E-state index contributed by atoms with van der Waals surface area (Å²) < 4.78 is 0. The van der Waals surface area contributed by atoms with Crippen molar-refractivity contribution in [2.24, 2.45) is 0 Å². The van der Waals surface area contributed by atoms with Crippen molar-refractivity contribution in [3.8, 4) is 0 Å². The molecule has 2 N–H and O–H groups in total. The molecule has 1 aliphatic heterocycles. The van der Waals surface area contributed by atoms with Crippen LogP contribution in [0.3, 0.4) is 0 Å². The second-order valence-electron chi connectivity index (χ2n) is 4.31. The first kappa shape index (κ1) is 13.0. The highest BCUT2D eigenvalue weighted by Crippen LogP contribution is 2.10. The fourth-order valence-corrected chi connectivity index (χ4v) is 1.89. The van der Waals surface area contributed by atoms with Crippen LogP contribution in [0.25, 0.3) is 0 Å². The number of aromatic nitrogens is 1. The van der Waals surface area contributed by atoms with E-state index in [0.717, 1.165) is 0 Å². The second-order valence-corrected chi connectivity index (χ2v) is 4.31. The molecule has 0 aliphatic carbocycles. The molecule has 1 aromatic heterocycles. The van der Waals surface area contributed by atoms with E-state index in [0.29, 0.717) is 13.0 Å². The third-order valence-corrected chi connectivity index (χ3v) is 2.97. The van der Waals surface area contributed by atoms with E-state index >= 15 is 0 Å². The molecule has 100 valence electrons. The summed E-state index contributed by atoms with van der Waals surface area (Å²) in [7, 11) is 1.67. The largest absolute Gasteiger partial charge is 0.477 e. The van der Waals surface area contributed by atoms with Gasteiger partial charge in [-0.2, -0.15) is 0 Å². The maximum Gasteiger partial charge on any atom is 0.354 e. The number of pyridine rings is 1. The fraction of sp³-hybridized carbons (Fsp3) is 0.333. The maximum atomic E-state index is 11.9. The average molecular weight is 263 g/mol. The standard InChI is InChI=1S/C12H13N3O4/c1-15-5-3-8(11(15)17)14-10(16)7-2-4-13-9(6-7)12(18)19/h2,4,6,8H,3,5H2,1H3,(H,14,16)(H,18,19). The van der Waals surface area contributed by atoms with Crippen LogP contribution in [-0.2, 0) is 4.79 Å². The van der Waals surface area contributed by atoms with Crippen molar-refractivity contribution in [2.45, 2.75) is 12.5 Å². The monoisotopic (exact) mass is 263 g/mol. The lowest BCUT2D eigenvalue weighted by atomic mass is 10.2. The summed E-state index contributed by atoms with van der Waals surface area (Å²) in [6, 6.07) is 2.05. The van der Waals surface area contributed by atoms with Crippen LogP contribution in [-0.4, -0.2) is 52.4 Å². The van der Waals surface area contributed by atoms with E-state index in [1.807, 2.05) is 0 Å². The van der Waals surface area contributed by atoms with Crippen LogP contribution in [0.2, 0.25) is 0 Å². The third kappa shape index (κ3) is 2.70. The minimum atomic E-state index is -1.20. The molecular formula is C12H13N3O4. The molecule has 1 unspecified atom stereocenters. The predicted octanol–water partition coefficient (Wildman–Crippen LogP) is -0.260. The Hall–Kier alpha value is -2.44. The van der Waals surface area contributed by atoms with E-state index < -0.39 is 17.9 Å². The second kappa shape index (κ2) is 5.05. The van der Waals surface area contributed by atoms with Gasteiger partial charge in [-0.25, -0.2) is 9.78 Å². The third-order valence-electron chi connectivity index (χ3n) is 2.97. The van der Waals surface area contributed by atoms with Crippen molar-refractivity contribution in [3.63, 3.8) is 0 Å². The van der Waals surface area contributed by atoms with Gasteiger partial charge in [0.2, 0.25) is 5.91 Å². The van der Waals surface area contributed by atoms with Crippen molar-refractivity contribution < 1.29 is 19.5 Å². The van der Waals surface area contributed by atoms with E-state index in [1.165, 1.54) is 18.3 Å². The summed E-state index contributed by atoms with van der Waals surface area (Å²) in [6.07, 6.45) is 1.80. The zero-order chi connectivity index (χ0) is 14.0. The van der Waals surface area contributed by atoms with Crippen molar-refractivity contribution in [3.05, 3.63) is 29.6 Å². The Kier molecular flexibility index (Phi) is 3.46. The molecule has 1 saturated heterocycles. The van der Waals surface area contributed by atoms with E-state index in [1.54, 1.807) is 11.9 Å². The zero-order valence-electron chi connectivity index (χ0n) is 10.3. The number of amides is 2. The Morgan fingerprint density at radius 1 is 1.53 bits per heavy atom. The molecule has 0 bridgehead atoms. The lowest BCUT2D eigenvalue weighted by Gasteiger charge is -2.12. The summed E-state index contributed by atoms with van der Waals surface area (Å²) in [5.74, 6) is -1.81. The summed E-state index contributed by atoms with van der Waals surface area (Å²) in [4.78, 5) is 39.5. The number of carbonyl (C=O) groups is 3. The summed E-state index contributed by atoms with van der Waals surface area (Å²) in [6.45, 7) is 0.598. The van der Waals surface area contributed by atoms with Gasteiger partial charge < -0.3 is 15.3 Å². The van der Waals surface area contributed by atoms with Gasteiger partial charge in [-0.15, -0.1) is 0 Å². The van der Waals surface area contributed by atoms with E-state index in [-0.39, 0.29) is 17.2 Å². The number of nitrogens with zero attached hydrogens (tertiary/aromatic N) is 2. The molecule has 7 nitrogen and oxygen atoms in total. The molecule has 7 heteroatoms. The van der Waals surface area contributed by atoms with Crippen molar-refractivity contribution in [2.75, 3.05) is 13.6 Å². The number of carboxylic acids is 1. The first-order valence-electron chi connectivity index (χ1n) is 5.74. The van der Waals surface area contributed by atoms with Crippen LogP contribution >= 0.6 is 0 Å². The fourth-order valence-electron chi connectivity index (χ4n) is 1.89. The molecule has 1 aliphatic rings. The van der Waals surface area contributed by atoms with Crippen LogP contribution in [0.5, 0.6) is 0 Å². The highest BCUT2D eigenvalue weighted by atomic mass is 16.4. The van der Waals surface area contributed by atoms with Gasteiger partial charge in [-0.1, -0.05) is 0 Å². The predicted molar refractivity (Wildman–Crippen MR) is 64.7 cm³/mol. The number of rotatable bonds is 3. The van der Waals surface area contributed by atoms with Gasteiger partial charge >= 0.3 is 5.97 Å². The number of carbonyl (C=O) groups excluding carboxylic acids is 2. The van der Waals surface area contributed by atoms with Crippen molar-refractivity contribution >= 4 is 17.8 Å². The lowest BCUT2D eigenvalue weighted by Crippen LogP contribution is -2.40. The van der Waals surface area contributed by atoms with Gasteiger partial charge in [0.05, 0.1) is 0 Å². The Labute approximate surface area is 109 Å². The molecule has 0 saturated carbocycles. The summed E-state index contributed by atoms with van der Waals surface area (Å²) in [5.41, 5.74) is -0.0303. The van der Waals surface area contributed by atoms with E-state index in [9.17, 15) is 14.4 Å². The van der Waals surface area contributed by atoms with Gasteiger partial charge in [0.15, 0.2) is 0 Å². The smallest absolute Gasteiger partial charge is 0.354 e. The van der Waals surface area contributed by atoms with Gasteiger partial charge in [0.25, 0.3) is 5.91 Å². The quantitative estimate of drug-likeness (QED) is 0.782. The molecular weight excluding hydrogens is 250 g/mol. The average Bonchev–Trinajstić information content (AvgIpc) is 2.71. The Morgan fingerprint density at radius 3 is 2.84 bits per heavy atom. The van der Waals surface area contributed by atoms with Crippen molar-refractivity contribution in [1.82, 2.24) is 15.2 Å². The highest BCUT2D eigenvalue weighted by Gasteiger charge is 2.30. The molecule has 1 atom stereocenters. The number of nitrogens with one attached hydrogen (secondary N) is 1. The number of likely N-dealkylation sites (N-methyl/N-ethyl adjacent to an activating group) is 1. The molecule has 2 heterocycles. The molecule has 1 aromatic rings. The van der Waals surface area contributed by atoms with Gasteiger partial charge in [-0.3, -0.25) is 9.59 Å². The molecule has 0 radical (unpaired) electrons. The topological polar surface area (TPSA) is 99.6 Å². The Morgan fingerprint density at radius 2 is 2.26 bits per heavy atom. The summed E-state index contributed by atoms with van der Waals surface area (Å²) in [5, 5.41) is 11.4. The van der Waals surface area contributed by atoms with Gasteiger partial charge in [0.1, 0.15) is 11.7 Å². The maximum absolute atomic E-state index is 11.9. The molecule has 1 fully saturated rings. The number of hydrogen-bond donors (Lipinski definition) is 2. The molecule has 19 heavy (non-hydrogen) atoms. The molecule has 2 rings (SSSR count). The van der Waals surface area contributed by atoms with Crippen LogP contribution in [0.4, 0.5) is 0 Å². The Balaban J connectivity index is 2.10. The van der Waals surface area contributed by atoms with Gasteiger partial charge in [0, 0.05) is 25.4 Å². The number of carboxylic acid groups (broad SMARTS) is 1. The van der Waals surface area contributed by atoms with Crippen LogP contribution in [0, 0.1) is 0 Å². The molecule has 2 amide bonds. The zero-order valence-corrected chi connectivity index (χ0v) is 10.3. The minimum absolute atomic E-state index is 0.138. The first-order valence-corrected chi connectivity index (χ1v) is 5.74. The minimum Gasteiger partial charge on any atom is -0.477 e.